The largest absolute Gasteiger partial charge is 0.573 e. The highest BCUT2D eigenvalue weighted by Crippen LogP contribution is 2.35. The van der Waals surface area contributed by atoms with Crippen LogP contribution in [0.4, 0.5) is 13.2 Å². The van der Waals surface area contributed by atoms with Gasteiger partial charge in [0.15, 0.2) is 15.7 Å². The van der Waals surface area contributed by atoms with Crippen molar-refractivity contribution in [3.63, 3.8) is 0 Å². The SMILES string of the molecule is CCS(=O)(=O)c1cc[nH]c1-n1ncc(-c2ccc(OC(F)(F)F)cc2Cl)c1C.c1ccncc1. The normalized spacial score (nSPS) is 11.6. The minimum atomic E-state index is -4.82. The zero-order valence-corrected chi connectivity index (χ0v) is 19.6. The van der Waals surface area contributed by atoms with Gasteiger partial charge in [-0.1, -0.05) is 24.6 Å². The number of benzene rings is 1. The molecule has 12 heteroatoms. The van der Waals surface area contributed by atoms with Crippen molar-refractivity contribution in [2.75, 3.05) is 5.75 Å². The summed E-state index contributed by atoms with van der Waals surface area (Å²) in [5.74, 6) is -0.233. The molecule has 4 aromatic rings. The minimum absolute atomic E-state index is 0.0392. The second-order valence-corrected chi connectivity index (χ2v) is 9.52. The molecule has 1 aromatic carbocycles. The number of halogens is 4. The van der Waals surface area contributed by atoms with E-state index in [-0.39, 0.29) is 21.5 Å². The molecule has 34 heavy (non-hydrogen) atoms. The smallest absolute Gasteiger partial charge is 0.406 e. The number of sulfone groups is 1. The zero-order chi connectivity index (χ0) is 24.9. The number of ether oxygens (including phenoxy) is 1. The minimum Gasteiger partial charge on any atom is -0.406 e. The third-order valence-corrected chi connectivity index (χ3v) is 6.73. The molecule has 0 radical (unpaired) electrons. The Kier molecular flexibility index (Phi) is 7.68. The van der Waals surface area contributed by atoms with E-state index in [9.17, 15) is 21.6 Å². The maximum absolute atomic E-state index is 12.4. The molecule has 180 valence electrons. The highest BCUT2D eigenvalue weighted by Gasteiger charge is 2.31. The number of aromatic nitrogens is 4. The average Bonchev–Trinajstić information content (AvgIpc) is 3.42. The van der Waals surface area contributed by atoms with Crippen LogP contribution in [0, 0.1) is 6.92 Å². The number of hydrogen-bond donors (Lipinski definition) is 1. The van der Waals surface area contributed by atoms with Gasteiger partial charge in [0.25, 0.3) is 0 Å². The van der Waals surface area contributed by atoms with Crippen LogP contribution in [0.1, 0.15) is 12.6 Å². The van der Waals surface area contributed by atoms with Crippen LogP contribution in [0.25, 0.3) is 16.9 Å². The standard InChI is InChI=1S/C17H15ClF3N3O3S.C5H5N/c1-3-28(25,26)15-6-7-22-16(15)24-10(2)13(9-23-24)12-5-4-11(8-14(12)18)27-17(19,20)21;1-2-4-6-5-3-1/h4-9,22H,3H2,1-2H3;1-5H. The Morgan fingerprint density at radius 1 is 1.12 bits per heavy atom. The van der Waals surface area contributed by atoms with Gasteiger partial charge in [0, 0.05) is 29.7 Å². The predicted molar refractivity (Wildman–Crippen MR) is 122 cm³/mol. The van der Waals surface area contributed by atoms with E-state index in [0.29, 0.717) is 16.8 Å². The van der Waals surface area contributed by atoms with Gasteiger partial charge in [-0.3, -0.25) is 4.98 Å². The Hall–Kier alpha value is -3.31. The van der Waals surface area contributed by atoms with Crippen LogP contribution in [-0.4, -0.2) is 40.3 Å². The lowest BCUT2D eigenvalue weighted by molar-refractivity contribution is -0.274. The van der Waals surface area contributed by atoms with Crippen molar-refractivity contribution < 1.29 is 26.3 Å². The molecular weight excluding hydrogens is 493 g/mol. The number of hydrogen-bond acceptors (Lipinski definition) is 5. The van der Waals surface area contributed by atoms with Crippen LogP contribution in [0.5, 0.6) is 5.75 Å². The topological polar surface area (TPSA) is 89.9 Å². The number of aromatic amines is 1. The third kappa shape index (κ3) is 5.97. The first-order valence-electron chi connectivity index (χ1n) is 9.89. The Balaban J connectivity index is 0.000000469. The van der Waals surface area contributed by atoms with Gasteiger partial charge in [0.05, 0.1) is 22.7 Å². The van der Waals surface area contributed by atoms with E-state index in [2.05, 4.69) is 19.8 Å². The zero-order valence-electron chi connectivity index (χ0n) is 18.0. The molecule has 0 aliphatic rings. The van der Waals surface area contributed by atoms with Crippen molar-refractivity contribution in [2.24, 2.45) is 0 Å². The monoisotopic (exact) mass is 512 g/mol. The molecule has 0 aliphatic heterocycles. The van der Waals surface area contributed by atoms with Crippen LogP contribution in [-0.2, 0) is 9.84 Å². The molecule has 0 saturated carbocycles. The Morgan fingerprint density at radius 2 is 1.82 bits per heavy atom. The fourth-order valence-electron chi connectivity index (χ4n) is 3.04. The molecule has 0 fully saturated rings. The summed E-state index contributed by atoms with van der Waals surface area (Å²) in [6.45, 7) is 3.24. The lowest BCUT2D eigenvalue weighted by Crippen LogP contribution is -2.17. The first-order chi connectivity index (χ1) is 16.0. The van der Waals surface area contributed by atoms with Gasteiger partial charge < -0.3 is 9.72 Å². The van der Waals surface area contributed by atoms with Gasteiger partial charge in [-0.2, -0.15) is 5.10 Å². The molecule has 0 aliphatic carbocycles. The van der Waals surface area contributed by atoms with Gasteiger partial charge in [-0.15, -0.1) is 13.2 Å². The number of nitrogens with zero attached hydrogens (tertiary/aromatic N) is 3. The molecule has 1 N–H and O–H groups in total. The van der Waals surface area contributed by atoms with E-state index in [1.54, 1.807) is 19.3 Å². The van der Waals surface area contributed by atoms with Crippen molar-refractivity contribution in [1.29, 1.82) is 0 Å². The lowest BCUT2D eigenvalue weighted by atomic mass is 10.1. The van der Waals surface area contributed by atoms with Crippen molar-refractivity contribution in [3.8, 4) is 22.7 Å². The molecule has 0 unspecified atom stereocenters. The molecule has 0 amide bonds. The van der Waals surface area contributed by atoms with Crippen molar-refractivity contribution >= 4 is 21.4 Å². The van der Waals surface area contributed by atoms with E-state index in [1.165, 1.54) is 36.1 Å². The molecule has 7 nitrogen and oxygen atoms in total. The molecule has 0 saturated heterocycles. The van der Waals surface area contributed by atoms with E-state index in [1.807, 2.05) is 18.2 Å². The number of H-pyrrole nitrogens is 1. The second-order valence-electron chi connectivity index (χ2n) is 6.86. The third-order valence-electron chi connectivity index (χ3n) is 4.66. The maximum Gasteiger partial charge on any atom is 0.573 e. The van der Waals surface area contributed by atoms with Gasteiger partial charge in [0.1, 0.15) is 10.6 Å². The lowest BCUT2D eigenvalue weighted by Gasteiger charge is -2.11. The summed E-state index contributed by atoms with van der Waals surface area (Å²) < 4.78 is 66.9. The van der Waals surface area contributed by atoms with Crippen LogP contribution in [0.3, 0.4) is 0 Å². The van der Waals surface area contributed by atoms with E-state index in [4.69, 9.17) is 11.6 Å². The van der Waals surface area contributed by atoms with Crippen LogP contribution < -0.4 is 4.74 Å². The first kappa shape index (κ1) is 25.3. The molecule has 3 aromatic heterocycles. The summed E-state index contributed by atoms with van der Waals surface area (Å²) in [5.41, 5.74) is 1.53. The predicted octanol–water partition coefficient (Wildman–Crippen LogP) is 5.60. The van der Waals surface area contributed by atoms with E-state index in [0.717, 1.165) is 12.1 Å². The summed E-state index contributed by atoms with van der Waals surface area (Å²) in [6, 6.07) is 10.8. The van der Waals surface area contributed by atoms with Gasteiger partial charge in [-0.05, 0) is 43.3 Å². The molecular formula is C22H20ClF3N4O3S. The van der Waals surface area contributed by atoms with Gasteiger partial charge in [-0.25, -0.2) is 13.1 Å². The van der Waals surface area contributed by atoms with E-state index >= 15 is 0 Å². The molecule has 3 heterocycles. The number of nitrogens with one attached hydrogen (secondary N) is 1. The average molecular weight is 513 g/mol. The summed E-state index contributed by atoms with van der Waals surface area (Å²) in [7, 11) is -3.48. The summed E-state index contributed by atoms with van der Waals surface area (Å²) in [5, 5.41) is 4.26. The molecule has 0 atom stereocenters. The molecule has 0 spiro atoms. The Labute approximate surface area is 199 Å². The van der Waals surface area contributed by atoms with Crippen molar-refractivity contribution in [2.45, 2.75) is 25.1 Å². The number of alkyl halides is 3. The highest BCUT2D eigenvalue weighted by molar-refractivity contribution is 7.91. The van der Waals surface area contributed by atoms with Gasteiger partial charge in [0.2, 0.25) is 0 Å². The molecule has 0 bridgehead atoms. The van der Waals surface area contributed by atoms with Crippen LogP contribution in [0.2, 0.25) is 5.02 Å². The Morgan fingerprint density at radius 3 is 2.35 bits per heavy atom. The fourth-order valence-corrected chi connectivity index (χ4v) is 4.34. The fraction of sp³-hybridized carbons (Fsp3) is 0.182. The number of pyridine rings is 1. The maximum atomic E-state index is 12.4. The van der Waals surface area contributed by atoms with Crippen LogP contribution in [0.15, 0.2) is 72.1 Å². The Bertz CT molecular complexity index is 1330. The van der Waals surface area contributed by atoms with Gasteiger partial charge >= 0.3 is 6.36 Å². The highest BCUT2D eigenvalue weighted by atomic mass is 35.5. The van der Waals surface area contributed by atoms with Crippen LogP contribution >= 0.6 is 11.6 Å². The van der Waals surface area contributed by atoms with Crippen molar-refractivity contribution in [1.82, 2.24) is 19.7 Å². The quantitative estimate of drug-likeness (QED) is 0.376. The van der Waals surface area contributed by atoms with Crippen molar-refractivity contribution in [3.05, 3.63) is 78.0 Å². The first-order valence-corrected chi connectivity index (χ1v) is 11.9. The summed E-state index contributed by atoms with van der Waals surface area (Å²) in [6.07, 6.45) is 1.64. The summed E-state index contributed by atoms with van der Waals surface area (Å²) >= 11 is 6.14. The second kappa shape index (κ2) is 10.3. The molecule has 4 rings (SSSR count). The number of rotatable bonds is 5. The summed E-state index contributed by atoms with van der Waals surface area (Å²) in [4.78, 5) is 6.75. The van der Waals surface area contributed by atoms with E-state index < -0.39 is 21.9 Å².